The molecule has 1 fully saturated rings. The van der Waals surface area contributed by atoms with Crippen LogP contribution in [-0.2, 0) is 8.95 Å². The fourth-order valence-electron chi connectivity index (χ4n) is 2.74. The van der Waals surface area contributed by atoms with Crippen molar-refractivity contribution in [2.75, 3.05) is 18.9 Å². The Bertz CT molecular complexity index is 224. The summed E-state index contributed by atoms with van der Waals surface area (Å²) < 4.78 is 12.4. The molecule has 2 atom stereocenters. The van der Waals surface area contributed by atoms with Crippen molar-refractivity contribution >= 4 is 21.2 Å². The maximum Gasteiger partial charge on any atom is 0.358 e. The van der Waals surface area contributed by atoms with Crippen molar-refractivity contribution in [2.24, 2.45) is 5.92 Å². The van der Waals surface area contributed by atoms with Crippen molar-refractivity contribution in [3.05, 3.63) is 0 Å². The predicted molar refractivity (Wildman–Crippen MR) is 91.4 cm³/mol. The van der Waals surface area contributed by atoms with Gasteiger partial charge in [-0.2, -0.15) is 12.6 Å². The molecular formula is C15H33NO2SSi. The van der Waals surface area contributed by atoms with Crippen molar-refractivity contribution in [1.82, 2.24) is 5.48 Å². The van der Waals surface area contributed by atoms with Gasteiger partial charge in [0.1, 0.15) is 0 Å². The predicted octanol–water partition coefficient (Wildman–Crippen LogP) is 4.30. The van der Waals surface area contributed by atoms with Gasteiger partial charge in [-0.1, -0.05) is 39.5 Å². The molecule has 0 aromatic carbocycles. The molecule has 0 saturated carbocycles. The molecule has 1 saturated heterocycles. The number of unbranched alkanes of at least 4 members (excludes halogenated alkanes) is 2. The van der Waals surface area contributed by atoms with Crippen LogP contribution in [0, 0.1) is 5.92 Å². The zero-order valence-electron chi connectivity index (χ0n) is 13.3. The van der Waals surface area contributed by atoms with Crippen LogP contribution in [0.2, 0.25) is 12.1 Å². The summed E-state index contributed by atoms with van der Waals surface area (Å²) in [6, 6.07) is 2.19. The van der Waals surface area contributed by atoms with Crippen LogP contribution in [0.3, 0.4) is 0 Å². The van der Waals surface area contributed by atoms with E-state index in [1.54, 1.807) is 0 Å². The molecule has 20 heavy (non-hydrogen) atoms. The zero-order chi connectivity index (χ0) is 14.7. The highest BCUT2D eigenvalue weighted by atomic mass is 32.1. The van der Waals surface area contributed by atoms with Crippen LogP contribution in [0.15, 0.2) is 0 Å². The number of hydrogen-bond acceptors (Lipinski definition) is 4. The lowest BCUT2D eigenvalue weighted by molar-refractivity contribution is 0.0633. The summed E-state index contributed by atoms with van der Waals surface area (Å²) in [5, 5.41) is 0. The number of thiol groups is 1. The lowest BCUT2D eigenvalue weighted by Crippen LogP contribution is -2.49. The van der Waals surface area contributed by atoms with Gasteiger partial charge in [0.05, 0.1) is 0 Å². The molecular weight excluding hydrogens is 286 g/mol. The third kappa shape index (κ3) is 6.94. The summed E-state index contributed by atoms with van der Waals surface area (Å²) in [6.07, 6.45) is 8.56. The quantitative estimate of drug-likeness (QED) is 0.491. The highest BCUT2D eigenvalue weighted by Gasteiger charge is 2.38. The summed E-state index contributed by atoms with van der Waals surface area (Å²) in [6.45, 7) is 6.37. The zero-order valence-corrected chi connectivity index (χ0v) is 15.2. The first kappa shape index (κ1) is 18.5. The summed E-state index contributed by atoms with van der Waals surface area (Å²) in [7, 11) is -2.03. The van der Waals surface area contributed by atoms with Crippen LogP contribution < -0.4 is 5.48 Å². The Kier molecular flexibility index (Phi) is 10.2. The molecule has 0 radical (unpaired) electrons. The molecule has 120 valence electrons. The average Bonchev–Trinajstić information content (AvgIpc) is 2.44. The number of rotatable bonds is 9. The van der Waals surface area contributed by atoms with E-state index < -0.39 is 8.56 Å². The molecule has 0 aliphatic carbocycles. The Labute approximate surface area is 131 Å². The van der Waals surface area contributed by atoms with Crippen molar-refractivity contribution < 1.29 is 8.95 Å². The maximum atomic E-state index is 6.31. The summed E-state index contributed by atoms with van der Waals surface area (Å²) in [4.78, 5) is 0. The molecule has 1 heterocycles. The molecule has 1 aliphatic rings. The van der Waals surface area contributed by atoms with Gasteiger partial charge in [-0.15, -0.1) is 0 Å². The Hall–Kier alpha value is 0.447. The van der Waals surface area contributed by atoms with Crippen molar-refractivity contribution in [2.45, 2.75) is 70.9 Å². The van der Waals surface area contributed by atoms with Crippen LogP contribution >= 0.6 is 12.6 Å². The Morgan fingerprint density at radius 1 is 1.15 bits per heavy atom. The average molecular weight is 320 g/mol. The molecule has 0 spiro atoms. The van der Waals surface area contributed by atoms with Gasteiger partial charge in [0.15, 0.2) is 0 Å². The fourth-order valence-corrected chi connectivity index (χ4v) is 6.44. The van der Waals surface area contributed by atoms with Gasteiger partial charge >= 0.3 is 8.56 Å². The van der Waals surface area contributed by atoms with Crippen molar-refractivity contribution in [3.63, 3.8) is 0 Å². The second kappa shape index (κ2) is 11.1. The SMILES string of the molecule is CCCCC1CCO[Si](CCCC)(CCCS)ONC1. The molecule has 0 amide bonds. The second-order valence-electron chi connectivity index (χ2n) is 5.94. The van der Waals surface area contributed by atoms with E-state index in [4.69, 9.17) is 8.95 Å². The topological polar surface area (TPSA) is 30.5 Å². The Morgan fingerprint density at radius 3 is 2.60 bits per heavy atom. The summed E-state index contributed by atoms with van der Waals surface area (Å²) in [5.41, 5.74) is 3.27. The normalized spacial score (nSPS) is 28.1. The van der Waals surface area contributed by atoms with Crippen LogP contribution in [0.25, 0.3) is 0 Å². The number of hydroxylamine groups is 1. The molecule has 0 aromatic heterocycles. The molecule has 1 N–H and O–H groups in total. The molecule has 0 bridgehead atoms. The van der Waals surface area contributed by atoms with Gasteiger partial charge in [0.2, 0.25) is 0 Å². The van der Waals surface area contributed by atoms with Crippen molar-refractivity contribution in [3.8, 4) is 0 Å². The highest BCUT2D eigenvalue weighted by molar-refractivity contribution is 7.80. The summed E-state index contributed by atoms with van der Waals surface area (Å²) in [5.74, 6) is 1.63. The first-order valence-electron chi connectivity index (χ1n) is 8.42. The lowest BCUT2D eigenvalue weighted by atomic mass is 9.99. The smallest absolute Gasteiger partial charge is 0.358 e. The van der Waals surface area contributed by atoms with Gasteiger partial charge in [-0.3, -0.25) is 0 Å². The third-order valence-corrected chi connectivity index (χ3v) is 7.91. The first-order valence-corrected chi connectivity index (χ1v) is 11.3. The largest absolute Gasteiger partial charge is 0.393 e. The van der Waals surface area contributed by atoms with Gasteiger partial charge in [0.25, 0.3) is 0 Å². The number of hydrogen-bond donors (Lipinski definition) is 2. The molecule has 1 aliphatic heterocycles. The van der Waals surface area contributed by atoms with Crippen LogP contribution in [0.5, 0.6) is 0 Å². The van der Waals surface area contributed by atoms with E-state index in [1.165, 1.54) is 38.5 Å². The van der Waals surface area contributed by atoms with E-state index in [0.29, 0.717) is 5.92 Å². The van der Waals surface area contributed by atoms with Gasteiger partial charge in [0, 0.05) is 13.2 Å². The molecule has 0 aromatic rings. The second-order valence-corrected chi connectivity index (χ2v) is 9.70. The standard InChI is InChI=1S/C15H33NO2SSi/c1-3-5-8-15-9-10-17-20(12-6-4-2,13-7-11-19)18-16-14-15/h15-16,19H,3-14H2,1-2H3. The van der Waals surface area contributed by atoms with E-state index in [2.05, 4.69) is 32.0 Å². The van der Waals surface area contributed by atoms with Gasteiger partial charge in [-0.05, 0) is 43.0 Å². The minimum Gasteiger partial charge on any atom is -0.393 e. The number of nitrogens with one attached hydrogen (secondary N) is 1. The van der Waals surface area contributed by atoms with E-state index in [9.17, 15) is 0 Å². The van der Waals surface area contributed by atoms with Gasteiger partial charge < -0.3 is 8.95 Å². The monoisotopic (exact) mass is 319 g/mol. The van der Waals surface area contributed by atoms with Crippen LogP contribution in [0.4, 0.5) is 0 Å². The minimum atomic E-state index is -2.03. The van der Waals surface area contributed by atoms with E-state index in [1.807, 2.05) is 0 Å². The fraction of sp³-hybridized carbons (Fsp3) is 1.00. The van der Waals surface area contributed by atoms with Crippen molar-refractivity contribution in [1.29, 1.82) is 0 Å². The third-order valence-electron chi connectivity index (χ3n) is 4.11. The van der Waals surface area contributed by atoms with E-state index in [0.717, 1.165) is 37.4 Å². The molecule has 2 unspecified atom stereocenters. The molecule has 5 heteroatoms. The summed E-state index contributed by atoms with van der Waals surface area (Å²) >= 11 is 4.34. The molecule has 3 nitrogen and oxygen atoms in total. The highest BCUT2D eigenvalue weighted by Crippen LogP contribution is 2.26. The Morgan fingerprint density at radius 2 is 1.90 bits per heavy atom. The van der Waals surface area contributed by atoms with E-state index >= 15 is 0 Å². The maximum absolute atomic E-state index is 6.31. The van der Waals surface area contributed by atoms with Gasteiger partial charge in [-0.25, -0.2) is 5.48 Å². The molecule has 1 rings (SSSR count). The van der Waals surface area contributed by atoms with Crippen LogP contribution in [-0.4, -0.2) is 27.5 Å². The lowest BCUT2D eigenvalue weighted by Gasteiger charge is -2.34. The first-order chi connectivity index (χ1) is 9.76. The Balaban J connectivity index is 2.47. The van der Waals surface area contributed by atoms with E-state index in [-0.39, 0.29) is 0 Å². The van der Waals surface area contributed by atoms with Crippen LogP contribution in [0.1, 0.15) is 58.8 Å². The minimum absolute atomic E-state index is 0.706.